The maximum absolute atomic E-state index is 13.6. The zero-order chi connectivity index (χ0) is 19.9. The van der Waals surface area contributed by atoms with Crippen LogP contribution in [-0.2, 0) is 5.41 Å². The SMILES string of the molecule is CCC1(C)CC(c2ccc(F)c(Cl)c2)Nc2ccc(C(=O)NC3CCC3)nc21. The number of hydrogen-bond donors (Lipinski definition) is 2. The van der Waals surface area contributed by atoms with Gasteiger partial charge in [0, 0.05) is 11.5 Å². The monoisotopic (exact) mass is 401 g/mol. The first-order chi connectivity index (χ1) is 13.4. The molecule has 1 aliphatic carbocycles. The highest BCUT2D eigenvalue weighted by molar-refractivity contribution is 6.30. The Morgan fingerprint density at radius 1 is 1.36 bits per heavy atom. The van der Waals surface area contributed by atoms with Crippen LogP contribution in [0.5, 0.6) is 0 Å². The van der Waals surface area contributed by atoms with Gasteiger partial charge in [-0.2, -0.15) is 0 Å². The van der Waals surface area contributed by atoms with E-state index in [1.54, 1.807) is 18.2 Å². The molecule has 2 aromatic rings. The molecular formula is C22H25ClFN3O. The lowest BCUT2D eigenvalue weighted by Gasteiger charge is -2.40. The molecule has 2 aliphatic rings. The molecule has 148 valence electrons. The average molecular weight is 402 g/mol. The number of fused-ring (bicyclic) bond motifs is 1. The molecular weight excluding hydrogens is 377 g/mol. The molecule has 1 fully saturated rings. The van der Waals surface area contributed by atoms with Crippen molar-refractivity contribution in [1.82, 2.24) is 10.3 Å². The van der Waals surface area contributed by atoms with Crippen molar-refractivity contribution < 1.29 is 9.18 Å². The zero-order valence-corrected chi connectivity index (χ0v) is 16.9. The third-order valence-corrected chi connectivity index (χ3v) is 6.54. The first-order valence-electron chi connectivity index (χ1n) is 9.93. The molecule has 1 amide bonds. The largest absolute Gasteiger partial charge is 0.377 e. The van der Waals surface area contributed by atoms with E-state index < -0.39 is 5.82 Å². The summed E-state index contributed by atoms with van der Waals surface area (Å²) in [6.45, 7) is 4.30. The summed E-state index contributed by atoms with van der Waals surface area (Å²) in [6.07, 6.45) is 4.95. The van der Waals surface area contributed by atoms with E-state index in [2.05, 4.69) is 24.5 Å². The normalized spacial score (nSPS) is 24.1. The second-order valence-corrected chi connectivity index (χ2v) is 8.59. The van der Waals surface area contributed by atoms with E-state index in [0.29, 0.717) is 5.69 Å². The van der Waals surface area contributed by atoms with E-state index in [-0.39, 0.29) is 28.4 Å². The second-order valence-electron chi connectivity index (χ2n) is 8.18. The van der Waals surface area contributed by atoms with Crippen molar-refractivity contribution in [2.75, 3.05) is 5.32 Å². The summed E-state index contributed by atoms with van der Waals surface area (Å²) in [5.41, 5.74) is 3.06. The third-order valence-electron chi connectivity index (χ3n) is 6.25. The molecule has 2 atom stereocenters. The Bertz CT molecular complexity index is 915. The second kappa shape index (κ2) is 7.36. The lowest BCUT2D eigenvalue weighted by molar-refractivity contribution is 0.0911. The lowest BCUT2D eigenvalue weighted by Crippen LogP contribution is -2.40. The van der Waals surface area contributed by atoms with Crippen molar-refractivity contribution in [2.45, 2.75) is 63.5 Å². The Hall–Kier alpha value is -2.14. The fraction of sp³-hybridized carbons (Fsp3) is 0.455. The fourth-order valence-electron chi connectivity index (χ4n) is 4.00. The fourth-order valence-corrected chi connectivity index (χ4v) is 4.19. The van der Waals surface area contributed by atoms with Crippen molar-refractivity contribution in [3.8, 4) is 0 Å². The van der Waals surface area contributed by atoms with Gasteiger partial charge in [-0.05, 0) is 61.9 Å². The predicted octanol–water partition coefficient (Wildman–Crippen LogP) is 5.38. The summed E-state index contributed by atoms with van der Waals surface area (Å²) in [7, 11) is 0. The maximum atomic E-state index is 13.6. The number of rotatable bonds is 4. The molecule has 0 spiro atoms. The van der Waals surface area contributed by atoms with Gasteiger partial charge in [0.2, 0.25) is 0 Å². The van der Waals surface area contributed by atoms with Gasteiger partial charge in [0.05, 0.1) is 22.4 Å². The number of nitrogens with one attached hydrogen (secondary N) is 2. The summed E-state index contributed by atoms with van der Waals surface area (Å²) in [4.78, 5) is 17.3. The van der Waals surface area contributed by atoms with Gasteiger partial charge in [0.1, 0.15) is 11.5 Å². The highest BCUT2D eigenvalue weighted by atomic mass is 35.5. The minimum absolute atomic E-state index is 0.00648. The van der Waals surface area contributed by atoms with E-state index in [4.69, 9.17) is 16.6 Å². The number of hydrogen-bond acceptors (Lipinski definition) is 3. The average Bonchev–Trinajstić information content (AvgIpc) is 2.66. The van der Waals surface area contributed by atoms with Crippen LogP contribution in [-0.4, -0.2) is 16.9 Å². The van der Waals surface area contributed by atoms with Gasteiger partial charge in [-0.15, -0.1) is 0 Å². The van der Waals surface area contributed by atoms with Crippen LogP contribution in [0.15, 0.2) is 30.3 Å². The molecule has 2 heterocycles. The zero-order valence-electron chi connectivity index (χ0n) is 16.2. The Morgan fingerprint density at radius 3 is 2.79 bits per heavy atom. The van der Waals surface area contributed by atoms with Crippen LogP contribution < -0.4 is 10.6 Å². The number of carbonyl (C=O) groups is 1. The number of halogens is 2. The molecule has 0 radical (unpaired) electrons. The molecule has 1 aromatic heterocycles. The molecule has 28 heavy (non-hydrogen) atoms. The molecule has 4 rings (SSSR count). The number of pyridine rings is 1. The summed E-state index contributed by atoms with van der Waals surface area (Å²) >= 11 is 5.99. The van der Waals surface area contributed by atoms with Crippen LogP contribution in [0.4, 0.5) is 10.1 Å². The molecule has 2 N–H and O–H groups in total. The molecule has 6 heteroatoms. The van der Waals surface area contributed by atoms with Gasteiger partial charge in [-0.25, -0.2) is 9.37 Å². The quantitative estimate of drug-likeness (QED) is 0.723. The van der Waals surface area contributed by atoms with E-state index in [0.717, 1.165) is 42.6 Å². The van der Waals surface area contributed by atoms with E-state index in [1.807, 2.05) is 6.07 Å². The Balaban J connectivity index is 1.64. The third kappa shape index (κ3) is 3.48. The summed E-state index contributed by atoms with van der Waals surface area (Å²) in [6, 6.07) is 8.86. The Labute approximate surface area is 169 Å². The molecule has 1 aliphatic heterocycles. The highest BCUT2D eigenvalue weighted by Gasteiger charge is 2.38. The number of carbonyl (C=O) groups excluding carboxylic acids is 1. The number of benzene rings is 1. The van der Waals surface area contributed by atoms with Gasteiger partial charge >= 0.3 is 0 Å². The van der Waals surface area contributed by atoms with Gasteiger partial charge < -0.3 is 10.6 Å². The molecule has 4 nitrogen and oxygen atoms in total. The van der Waals surface area contributed by atoms with Crippen LogP contribution in [0.3, 0.4) is 0 Å². The Morgan fingerprint density at radius 2 is 2.14 bits per heavy atom. The summed E-state index contributed by atoms with van der Waals surface area (Å²) in [5, 5.41) is 6.69. The van der Waals surface area contributed by atoms with Gasteiger partial charge in [-0.1, -0.05) is 31.5 Å². The molecule has 1 saturated carbocycles. The van der Waals surface area contributed by atoms with Crippen LogP contribution >= 0.6 is 11.6 Å². The van der Waals surface area contributed by atoms with Crippen molar-refractivity contribution in [3.05, 3.63) is 58.1 Å². The number of aromatic nitrogens is 1. The van der Waals surface area contributed by atoms with Crippen LogP contribution in [0.2, 0.25) is 5.02 Å². The number of nitrogens with zero attached hydrogens (tertiary/aromatic N) is 1. The topological polar surface area (TPSA) is 54.0 Å². The first kappa shape index (κ1) is 19.2. The van der Waals surface area contributed by atoms with Gasteiger partial charge in [0.25, 0.3) is 5.91 Å². The van der Waals surface area contributed by atoms with Gasteiger partial charge in [0.15, 0.2) is 0 Å². The van der Waals surface area contributed by atoms with Crippen LogP contribution in [0.25, 0.3) is 0 Å². The Kier molecular flexibility index (Phi) is 5.04. The molecule has 1 aromatic carbocycles. The summed E-state index contributed by atoms with van der Waals surface area (Å²) < 4.78 is 13.6. The minimum atomic E-state index is -0.413. The molecule has 0 bridgehead atoms. The van der Waals surface area contributed by atoms with Crippen molar-refractivity contribution in [1.29, 1.82) is 0 Å². The smallest absolute Gasteiger partial charge is 0.270 e. The number of amides is 1. The van der Waals surface area contributed by atoms with Crippen molar-refractivity contribution >= 4 is 23.2 Å². The van der Waals surface area contributed by atoms with E-state index in [1.165, 1.54) is 12.5 Å². The number of anilines is 1. The highest BCUT2D eigenvalue weighted by Crippen LogP contribution is 2.45. The standard InChI is InChI=1S/C22H25ClFN3O/c1-3-22(2)12-19(13-7-8-16(24)15(23)11-13)26-17-9-10-18(27-20(17)22)21(28)25-14-5-4-6-14/h7-11,14,19,26H,3-6,12H2,1-2H3,(H,25,28). The van der Waals surface area contributed by atoms with Crippen molar-refractivity contribution in [3.63, 3.8) is 0 Å². The van der Waals surface area contributed by atoms with Crippen LogP contribution in [0, 0.1) is 5.82 Å². The predicted molar refractivity (Wildman–Crippen MR) is 109 cm³/mol. The summed E-state index contributed by atoms with van der Waals surface area (Å²) in [5.74, 6) is -0.512. The first-order valence-corrected chi connectivity index (χ1v) is 10.3. The lowest BCUT2D eigenvalue weighted by atomic mass is 9.73. The molecule has 0 saturated heterocycles. The minimum Gasteiger partial charge on any atom is -0.377 e. The van der Waals surface area contributed by atoms with E-state index in [9.17, 15) is 9.18 Å². The van der Waals surface area contributed by atoms with Crippen LogP contribution in [0.1, 0.15) is 73.7 Å². The van der Waals surface area contributed by atoms with Crippen molar-refractivity contribution in [2.24, 2.45) is 0 Å². The molecule has 2 unspecified atom stereocenters. The van der Waals surface area contributed by atoms with Gasteiger partial charge in [-0.3, -0.25) is 4.79 Å². The van der Waals surface area contributed by atoms with E-state index >= 15 is 0 Å². The maximum Gasteiger partial charge on any atom is 0.270 e.